The van der Waals surface area contributed by atoms with Gasteiger partial charge in [0.1, 0.15) is 11.9 Å². The second-order valence-electron chi connectivity index (χ2n) is 6.40. The van der Waals surface area contributed by atoms with Crippen LogP contribution in [0.1, 0.15) is 44.2 Å². The fourth-order valence-electron chi connectivity index (χ4n) is 2.62. The number of ether oxygens (including phenoxy) is 1. The smallest absolute Gasteiger partial charge is 0.125 e. The van der Waals surface area contributed by atoms with Crippen molar-refractivity contribution >= 4 is 0 Å². The summed E-state index contributed by atoms with van der Waals surface area (Å²) in [7, 11) is 0. The molecule has 0 saturated heterocycles. The maximum atomic E-state index is 10.1. The Labute approximate surface area is 110 Å². The first-order valence-corrected chi connectivity index (χ1v) is 6.79. The van der Waals surface area contributed by atoms with Crippen molar-refractivity contribution < 1.29 is 9.84 Å². The summed E-state index contributed by atoms with van der Waals surface area (Å²) in [6, 6.07) is 6.22. The monoisotopic (exact) mass is 248 g/mol. The van der Waals surface area contributed by atoms with E-state index in [1.807, 2.05) is 0 Å². The van der Waals surface area contributed by atoms with Gasteiger partial charge in [-0.1, -0.05) is 26.0 Å². The Morgan fingerprint density at radius 3 is 2.72 bits per heavy atom. The molecule has 1 aliphatic carbocycles. The van der Waals surface area contributed by atoms with Crippen molar-refractivity contribution in [2.75, 3.05) is 0 Å². The van der Waals surface area contributed by atoms with E-state index in [2.05, 4.69) is 45.9 Å². The van der Waals surface area contributed by atoms with Gasteiger partial charge in [-0.2, -0.15) is 0 Å². The molecule has 2 rings (SSSR count). The van der Waals surface area contributed by atoms with Gasteiger partial charge < -0.3 is 9.84 Å². The van der Waals surface area contributed by atoms with Crippen LogP contribution in [-0.4, -0.2) is 17.3 Å². The molecular weight excluding hydrogens is 224 g/mol. The summed E-state index contributed by atoms with van der Waals surface area (Å²) in [4.78, 5) is 0. The summed E-state index contributed by atoms with van der Waals surface area (Å²) in [6.45, 7) is 8.61. The predicted octanol–water partition coefficient (Wildman–Crippen LogP) is 3.62. The molecule has 0 heterocycles. The minimum atomic E-state index is -0.335. The average molecular weight is 248 g/mol. The van der Waals surface area contributed by atoms with Crippen LogP contribution in [0, 0.1) is 19.3 Å². The molecule has 1 aliphatic rings. The van der Waals surface area contributed by atoms with Crippen molar-refractivity contribution in [2.45, 2.75) is 59.2 Å². The van der Waals surface area contributed by atoms with Gasteiger partial charge >= 0.3 is 0 Å². The second kappa shape index (κ2) is 4.93. The van der Waals surface area contributed by atoms with Crippen LogP contribution in [0.4, 0.5) is 0 Å². The van der Waals surface area contributed by atoms with Crippen LogP contribution in [0.25, 0.3) is 0 Å². The first kappa shape index (κ1) is 13.4. The lowest BCUT2D eigenvalue weighted by atomic mass is 9.75. The Balaban J connectivity index is 2.14. The van der Waals surface area contributed by atoms with E-state index in [0.29, 0.717) is 0 Å². The van der Waals surface area contributed by atoms with E-state index in [1.54, 1.807) is 0 Å². The standard InChI is InChI=1S/C16H24O2/c1-11-5-6-12(2)14(9-11)18-15-10-16(3,4)8-7-13(15)17/h5-6,9,13,15,17H,7-8,10H2,1-4H3. The van der Waals surface area contributed by atoms with E-state index in [1.165, 1.54) is 5.56 Å². The third-order valence-corrected chi connectivity index (χ3v) is 3.92. The molecule has 2 nitrogen and oxygen atoms in total. The quantitative estimate of drug-likeness (QED) is 0.866. The molecule has 1 saturated carbocycles. The fourth-order valence-corrected chi connectivity index (χ4v) is 2.62. The highest BCUT2D eigenvalue weighted by atomic mass is 16.5. The topological polar surface area (TPSA) is 29.5 Å². The van der Waals surface area contributed by atoms with Crippen LogP contribution in [0.3, 0.4) is 0 Å². The first-order chi connectivity index (χ1) is 8.37. The van der Waals surface area contributed by atoms with Crippen LogP contribution in [-0.2, 0) is 0 Å². The van der Waals surface area contributed by atoms with Crippen molar-refractivity contribution in [2.24, 2.45) is 5.41 Å². The SMILES string of the molecule is Cc1ccc(C)c(OC2CC(C)(C)CCC2O)c1. The van der Waals surface area contributed by atoms with Gasteiger partial charge in [-0.25, -0.2) is 0 Å². The summed E-state index contributed by atoms with van der Waals surface area (Å²) >= 11 is 0. The summed E-state index contributed by atoms with van der Waals surface area (Å²) < 4.78 is 6.06. The molecule has 0 bridgehead atoms. The van der Waals surface area contributed by atoms with Crippen molar-refractivity contribution in [3.8, 4) is 5.75 Å². The number of hydrogen-bond donors (Lipinski definition) is 1. The van der Waals surface area contributed by atoms with Crippen molar-refractivity contribution in [1.29, 1.82) is 0 Å². The maximum Gasteiger partial charge on any atom is 0.125 e. The molecule has 1 fully saturated rings. The van der Waals surface area contributed by atoms with Crippen molar-refractivity contribution in [3.05, 3.63) is 29.3 Å². The molecule has 2 heteroatoms. The molecule has 2 atom stereocenters. The van der Waals surface area contributed by atoms with Gasteiger partial charge in [0.05, 0.1) is 6.10 Å². The Hall–Kier alpha value is -1.02. The molecule has 0 spiro atoms. The third kappa shape index (κ3) is 3.05. The molecule has 100 valence electrons. The molecule has 18 heavy (non-hydrogen) atoms. The van der Waals surface area contributed by atoms with Gasteiger partial charge in [0.25, 0.3) is 0 Å². The number of rotatable bonds is 2. The lowest BCUT2D eigenvalue weighted by Gasteiger charge is -2.38. The number of aliphatic hydroxyl groups is 1. The number of benzene rings is 1. The Bertz CT molecular complexity index is 423. The molecule has 0 aromatic heterocycles. The summed E-state index contributed by atoms with van der Waals surface area (Å²) in [5.74, 6) is 0.914. The van der Waals surface area contributed by atoms with E-state index in [9.17, 15) is 5.11 Å². The average Bonchev–Trinajstić information content (AvgIpc) is 2.28. The summed E-state index contributed by atoms with van der Waals surface area (Å²) in [5.41, 5.74) is 2.60. The van der Waals surface area contributed by atoms with E-state index < -0.39 is 0 Å². The second-order valence-corrected chi connectivity index (χ2v) is 6.40. The lowest BCUT2D eigenvalue weighted by molar-refractivity contribution is -0.0307. The normalized spacial score (nSPS) is 26.9. The lowest BCUT2D eigenvalue weighted by Crippen LogP contribution is -2.41. The van der Waals surface area contributed by atoms with E-state index >= 15 is 0 Å². The highest BCUT2D eigenvalue weighted by Gasteiger charge is 2.35. The van der Waals surface area contributed by atoms with E-state index in [4.69, 9.17) is 4.74 Å². The molecule has 0 radical (unpaired) electrons. The molecule has 1 N–H and O–H groups in total. The zero-order valence-corrected chi connectivity index (χ0v) is 11.9. The van der Waals surface area contributed by atoms with Crippen LogP contribution in [0.5, 0.6) is 5.75 Å². The highest BCUT2D eigenvalue weighted by molar-refractivity contribution is 5.36. The minimum absolute atomic E-state index is 0.0748. The number of aliphatic hydroxyl groups excluding tert-OH is 1. The van der Waals surface area contributed by atoms with Crippen LogP contribution < -0.4 is 4.74 Å². The zero-order valence-electron chi connectivity index (χ0n) is 11.9. The zero-order chi connectivity index (χ0) is 13.3. The van der Waals surface area contributed by atoms with Crippen molar-refractivity contribution in [1.82, 2.24) is 0 Å². The van der Waals surface area contributed by atoms with Gasteiger partial charge in [-0.15, -0.1) is 0 Å². The summed E-state index contributed by atoms with van der Waals surface area (Å²) in [5, 5.41) is 10.1. The summed E-state index contributed by atoms with van der Waals surface area (Å²) in [6.07, 6.45) is 2.41. The predicted molar refractivity (Wildman–Crippen MR) is 74.0 cm³/mol. The van der Waals surface area contributed by atoms with Gasteiger partial charge in [-0.3, -0.25) is 0 Å². The van der Waals surface area contributed by atoms with Crippen LogP contribution in [0.15, 0.2) is 18.2 Å². The third-order valence-electron chi connectivity index (χ3n) is 3.92. The molecule has 0 aliphatic heterocycles. The molecular formula is C16H24O2. The van der Waals surface area contributed by atoms with Crippen LogP contribution in [0.2, 0.25) is 0 Å². The fraction of sp³-hybridized carbons (Fsp3) is 0.625. The molecule has 0 amide bonds. The Morgan fingerprint density at radius 1 is 1.28 bits per heavy atom. The minimum Gasteiger partial charge on any atom is -0.487 e. The Kier molecular flexibility index (Phi) is 3.67. The largest absolute Gasteiger partial charge is 0.487 e. The molecule has 2 unspecified atom stereocenters. The van der Waals surface area contributed by atoms with Gasteiger partial charge in [-0.05, 0) is 55.7 Å². The van der Waals surface area contributed by atoms with Crippen molar-refractivity contribution in [3.63, 3.8) is 0 Å². The van der Waals surface area contributed by atoms with Gasteiger partial charge in [0.2, 0.25) is 0 Å². The van der Waals surface area contributed by atoms with E-state index in [-0.39, 0.29) is 17.6 Å². The van der Waals surface area contributed by atoms with Crippen LogP contribution >= 0.6 is 0 Å². The molecule has 1 aromatic carbocycles. The maximum absolute atomic E-state index is 10.1. The highest BCUT2D eigenvalue weighted by Crippen LogP contribution is 2.37. The number of aryl methyl sites for hydroxylation is 2. The first-order valence-electron chi connectivity index (χ1n) is 6.79. The van der Waals surface area contributed by atoms with Gasteiger partial charge in [0.15, 0.2) is 0 Å². The van der Waals surface area contributed by atoms with E-state index in [0.717, 1.165) is 30.6 Å². The van der Waals surface area contributed by atoms with Gasteiger partial charge in [0, 0.05) is 0 Å². The number of hydrogen-bond acceptors (Lipinski definition) is 2. The Morgan fingerprint density at radius 2 is 2.00 bits per heavy atom. The molecule has 1 aromatic rings.